The van der Waals surface area contributed by atoms with Gasteiger partial charge in [0.2, 0.25) is 0 Å². The lowest BCUT2D eigenvalue weighted by Crippen LogP contribution is -2.37. The fraction of sp³-hybridized carbons (Fsp3) is 0.375. The second-order valence-corrected chi connectivity index (χ2v) is 4.86. The summed E-state index contributed by atoms with van der Waals surface area (Å²) in [5, 5.41) is 3.89. The lowest BCUT2D eigenvalue weighted by molar-refractivity contribution is 0.0896. The largest absolute Gasteiger partial charge is 0.383 e. The van der Waals surface area contributed by atoms with Crippen molar-refractivity contribution in [2.45, 2.75) is 26.3 Å². The van der Waals surface area contributed by atoms with Crippen LogP contribution < -0.4 is 5.32 Å². The highest BCUT2D eigenvalue weighted by Crippen LogP contribution is 2.18. The zero-order valence-electron chi connectivity index (χ0n) is 12.1. The van der Waals surface area contributed by atoms with E-state index in [2.05, 4.69) is 10.3 Å². The van der Waals surface area contributed by atoms with Crippen LogP contribution in [-0.2, 0) is 4.74 Å². The average molecular weight is 272 g/mol. The van der Waals surface area contributed by atoms with Crippen molar-refractivity contribution in [1.82, 2.24) is 10.3 Å². The summed E-state index contributed by atoms with van der Waals surface area (Å²) in [4.78, 5) is 16.9. The number of carbonyl (C=O) groups is 1. The molecule has 1 heterocycles. The Kier molecular flexibility index (Phi) is 4.69. The van der Waals surface area contributed by atoms with Crippen LogP contribution in [0.1, 0.15) is 29.4 Å². The number of para-hydroxylation sites is 1. The second-order valence-electron chi connectivity index (χ2n) is 4.86. The molecule has 0 saturated heterocycles. The van der Waals surface area contributed by atoms with Crippen molar-refractivity contribution in [3.8, 4) is 0 Å². The lowest BCUT2D eigenvalue weighted by atomic mass is 10.1. The van der Waals surface area contributed by atoms with Gasteiger partial charge in [-0.15, -0.1) is 0 Å². The fourth-order valence-electron chi connectivity index (χ4n) is 2.22. The molecule has 20 heavy (non-hydrogen) atoms. The van der Waals surface area contributed by atoms with Gasteiger partial charge in [-0.25, -0.2) is 0 Å². The van der Waals surface area contributed by atoms with E-state index in [4.69, 9.17) is 4.74 Å². The molecule has 0 aliphatic rings. The minimum Gasteiger partial charge on any atom is -0.383 e. The third kappa shape index (κ3) is 3.14. The van der Waals surface area contributed by atoms with Crippen molar-refractivity contribution in [2.24, 2.45) is 0 Å². The van der Waals surface area contributed by atoms with E-state index in [1.54, 1.807) is 7.11 Å². The smallest absolute Gasteiger partial charge is 0.252 e. The molecule has 0 aliphatic heterocycles. The standard InChI is InChI=1S/C16H20N2O2/c1-4-12(10-20-3)18-16(19)14-9-11(2)17-15-8-6-5-7-13(14)15/h5-9,12H,4,10H2,1-3H3,(H,18,19). The van der Waals surface area contributed by atoms with E-state index >= 15 is 0 Å². The van der Waals surface area contributed by atoms with Gasteiger partial charge in [0.25, 0.3) is 5.91 Å². The molecule has 0 bridgehead atoms. The van der Waals surface area contributed by atoms with E-state index in [0.717, 1.165) is 23.0 Å². The molecule has 106 valence electrons. The monoisotopic (exact) mass is 272 g/mol. The summed E-state index contributed by atoms with van der Waals surface area (Å²) in [5.74, 6) is -0.0735. The number of fused-ring (bicyclic) bond motifs is 1. The van der Waals surface area contributed by atoms with Crippen molar-refractivity contribution in [3.05, 3.63) is 41.6 Å². The Labute approximate surface area is 119 Å². The van der Waals surface area contributed by atoms with Gasteiger partial charge >= 0.3 is 0 Å². The maximum absolute atomic E-state index is 12.5. The van der Waals surface area contributed by atoms with Crippen molar-refractivity contribution in [2.75, 3.05) is 13.7 Å². The summed E-state index contributed by atoms with van der Waals surface area (Å²) in [6, 6.07) is 9.55. The van der Waals surface area contributed by atoms with Crippen molar-refractivity contribution < 1.29 is 9.53 Å². The van der Waals surface area contributed by atoms with Gasteiger partial charge in [0.05, 0.1) is 23.7 Å². The molecule has 0 spiro atoms. The topological polar surface area (TPSA) is 51.2 Å². The van der Waals surface area contributed by atoms with Crippen molar-refractivity contribution in [1.29, 1.82) is 0 Å². The molecular formula is C16H20N2O2. The summed E-state index contributed by atoms with van der Waals surface area (Å²) in [6.45, 7) is 4.44. The number of aromatic nitrogens is 1. The number of aryl methyl sites for hydroxylation is 1. The van der Waals surface area contributed by atoms with E-state index in [0.29, 0.717) is 12.2 Å². The first-order valence-electron chi connectivity index (χ1n) is 6.82. The molecule has 1 aromatic heterocycles. The van der Waals surface area contributed by atoms with E-state index < -0.39 is 0 Å². The molecule has 1 N–H and O–H groups in total. The number of nitrogens with one attached hydrogen (secondary N) is 1. The maximum atomic E-state index is 12.5. The van der Waals surface area contributed by atoms with Crippen LogP contribution in [0, 0.1) is 6.92 Å². The summed E-state index contributed by atoms with van der Waals surface area (Å²) in [7, 11) is 1.64. The molecule has 2 aromatic rings. The number of pyridine rings is 1. The van der Waals surface area contributed by atoms with E-state index in [-0.39, 0.29) is 11.9 Å². The van der Waals surface area contributed by atoms with Gasteiger partial charge in [0, 0.05) is 18.2 Å². The molecule has 1 aromatic carbocycles. The fourth-order valence-corrected chi connectivity index (χ4v) is 2.22. The minimum atomic E-state index is -0.0735. The van der Waals surface area contributed by atoms with Crippen LogP contribution in [0.2, 0.25) is 0 Å². The first kappa shape index (κ1) is 14.5. The van der Waals surface area contributed by atoms with Crippen LogP contribution >= 0.6 is 0 Å². The van der Waals surface area contributed by atoms with Crippen LogP contribution in [0.15, 0.2) is 30.3 Å². The van der Waals surface area contributed by atoms with Gasteiger partial charge in [-0.3, -0.25) is 9.78 Å². The third-order valence-corrected chi connectivity index (χ3v) is 3.28. The first-order valence-corrected chi connectivity index (χ1v) is 6.82. The third-order valence-electron chi connectivity index (χ3n) is 3.28. The molecule has 0 fully saturated rings. The summed E-state index contributed by atoms with van der Waals surface area (Å²) in [6.07, 6.45) is 0.835. The molecule has 2 rings (SSSR count). The maximum Gasteiger partial charge on any atom is 0.252 e. The predicted octanol–water partition coefficient (Wildman–Crippen LogP) is 2.70. The lowest BCUT2D eigenvalue weighted by Gasteiger charge is -2.16. The summed E-state index contributed by atoms with van der Waals surface area (Å²) in [5.41, 5.74) is 2.36. The van der Waals surface area contributed by atoms with Crippen LogP contribution in [0.5, 0.6) is 0 Å². The highest BCUT2D eigenvalue weighted by molar-refractivity contribution is 6.06. The molecule has 4 nitrogen and oxygen atoms in total. The second kappa shape index (κ2) is 6.48. The number of amides is 1. The summed E-state index contributed by atoms with van der Waals surface area (Å²) < 4.78 is 5.12. The van der Waals surface area contributed by atoms with Crippen LogP contribution in [0.3, 0.4) is 0 Å². The zero-order chi connectivity index (χ0) is 14.5. The molecule has 0 aliphatic carbocycles. The van der Waals surface area contributed by atoms with Gasteiger partial charge in [0.1, 0.15) is 0 Å². The number of carbonyl (C=O) groups excluding carboxylic acids is 1. The van der Waals surface area contributed by atoms with E-state index in [1.165, 1.54) is 0 Å². The Hall–Kier alpha value is -1.94. The molecule has 1 unspecified atom stereocenters. The normalized spacial score (nSPS) is 12.3. The number of benzene rings is 1. The Morgan fingerprint density at radius 1 is 1.40 bits per heavy atom. The van der Waals surface area contributed by atoms with Gasteiger partial charge in [-0.2, -0.15) is 0 Å². The van der Waals surface area contributed by atoms with Gasteiger partial charge in [-0.05, 0) is 25.5 Å². The van der Waals surface area contributed by atoms with E-state index in [9.17, 15) is 4.79 Å². The zero-order valence-corrected chi connectivity index (χ0v) is 12.1. The van der Waals surface area contributed by atoms with Gasteiger partial charge in [0.15, 0.2) is 0 Å². The van der Waals surface area contributed by atoms with Gasteiger partial charge < -0.3 is 10.1 Å². The van der Waals surface area contributed by atoms with Crippen molar-refractivity contribution in [3.63, 3.8) is 0 Å². The first-order chi connectivity index (χ1) is 9.65. The highest BCUT2D eigenvalue weighted by Gasteiger charge is 2.15. The predicted molar refractivity (Wildman–Crippen MR) is 79.9 cm³/mol. The summed E-state index contributed by atoms with van der Waals surface area (Å²) >= 11 is 0. The Bertz CT molecular complexity index is 610. The number of methoxy groups -OCH3 is 1. The van der Waals surface area contributed by atoms with Crippen molar-refractivity contribution >= 4 is 16.8 Å². The Balaban J connectivity index is 2.34. The number of hydrogen-bond acceptors (Lipinski definition) is 3. The van der Waals surface area contributed by atoms with Crippen LogP contribution in [0.25, 0.3) is 10.9 Å². The van der Waals surface area contributed by atoms with E-state index in [1.807, 2.05) is 44.2 Å². The minimum absolute atomic E-state index is 0.0275. The molecule has 4 heteroatoms. The molecular weight excluding hydrogens is 252 g/mol. The molecule has 0 radical (unpaired) electrons. The number of ether oxygens (including phenoxy) is 1. The molecule has 1 amide bonds. The SMILES string of the molecule is CCC(COC)NC(=O)c1cc(C)nc2ccccc12. The quantitative estimate of drug-likeness (QED) is 0.910. The molecule has 0 saturated carbocycles. The number of hydrogen-bond donors (Lipinski definition) is 1. The average Bonchev–Trinajstić information content (AvgIpc) is 2.45. The molecule has 1 atom stereocenters. The highest BCUT2D eigenvalue weighted by atomic mass is 16.5. The van der Waals surface area contributed by atoms with Crippen LogP contribution in [0.4, 0.5) is 0 Å². The Morgan fingerprint density at radius 3 is 2.85 bits per heavy atom. The number of rotatable bonds is 5. The number of nitrogens with zero attached hydrogens (tertiary/aromatic N) is 1. The van der Waals surface area contributed by atoms with Gasteiger partial charge in [-0.1, -0.05) is 25.1 Å². The van der Waals surface area contributed by atoms with Crippen LogP contribution in [-0.4, -0.2) is 30.6 Å². The Morgan fingerprint density at radius 2 is 2.15 bits per heavy atom.